The molecular weight excluding hydrogens is 232 g/mol. The first kappa shape index (κ1) is 10.1. The van der Waals surface area contributed by atoms with Crippen LogP contribution in [0, 0.1) is 0 Å². The van der Waals surface area contributed by atoms with Gasteiger partial charge in [-0.1, -0.05) is 17.7 Å². The lowest BCUT2D eigenvalue weighted by atomic mass is 10.4. The summed E-state index contributed by atoms with van der Waals surface area (Å²) >= 11 is 7.15. The Morgan fingerprint density at radius 1 is 1.47 bits per heavy atom. The van der Waals surface area contributed by atoms with E-state index in [4.69, 9.17) is 11.6 Å². The molecule has 3 nitrogen and oxygen atoms in total. The number of pyridine rings is 1. The minimum absolute atomic E-state index is 0.167. The molecule has 76 valence electrons. The van der Waals surface area contributed by atoms with Crippen molar-refractivity contribution in [1.29, 1.82) is 0 Å². The van der Waals surface area contributed by atoms with E-state index >= 15 is 0 Å². The number of halogens is 1. The molecule has 0 spiro atoms. The first-order valence-corrected chi connectivity index (χ1v) is 5.48. The average Bonchev–Trinajstić information content (AvgIpc) is 2.70. The molecule has 0 saturated carbocycles. The summed E-state index contributed by atoms with van der Waals surface area (Å²) in [7, 11) is 0. The molecule has 2 heterocycles. The Kier molecular flexibility index (Phi) is 2.99. The number of hydrogen-bond donors (Lipinski definition) is 1. The molecule has 5 heteroatoms. The third-order valence-corrected chi connectivity index (χ3v) is 2.81. The lowest BCUT2D eigenvalue weighted by molar-refractivity contribution is 0.103. The van der Waals surface area contributed by atoms with Crippen LogP contribution in [0.3, 0.4) is 0 Å². The monoisotopic (exact) mass is 238 g/mol. The van der Waals surface area contributed by atoms with Crippen molar-refractivity contribution in [2.24, 2.45) is 0 Å². The molecule has 1 amide bonds. The van der Waals surface area contributed by atoms with Crippen molar-refractivity contribution >= 4 is 34.7 Å². The Bertz CT molecular complexity index is 470. The van der Waals surface area contributed by atoms with Crippen LogP contribution in [0.15, 0.2) is 35.8 Å². The highest BCUT2D eigenvalue weighted by molar-refractivity contribution is 7.12. The van der Waals surface area contributed by atoms with Crippen molar-refractivity contribution < 1.29 is 4.79 Å². The minimum atomic E-state index is -0.167. The van der Waals surface area contributed by atoms with Gasteiger partial charge in [-0.05, 0) is 23.6 Å². The van der Waals surface area contributed by atoms with E-state index in [0.29, 0.717) is 15.7 Å². The molecule has 0 aliphatic heterocycles. The highest BCUT2D eigenvalue weighted by Crippen LogP contribution is 2.14. The molecule has 0 atom stereocenters. The molecule has 0 unspecified atom stereocenters. The fourth-order valence-corrected chi connectivity index (χ4v) is 1.84. The summed E-state index contributed by atoms with van der Waals surface area (Å²) in [5, 5.41) is 5.06. The van der Waals surface area contributed by atoms with Crippen LogP contribution >= 0.6 is 22.9 Å². The van der Waals surface area contributed by atoms with Crippen LogP contribution in [-0.2, 0) is 0 Å². The molecule has 0 aliphatic rings. The second-order valence-corrected chi connectivity index (χ2v) is 4.17. The predicted molar refractivity (Wildman–Crippen MR) is 61.5 cm³/mol. The zero-order chi connectivity index (χ0) is 10.7. The number of carbonyl (C=O) groups is 1. The van der Waals surface area contributed by atoms with Gasteiger partial charge in [0, 0.05) is 11.2 Å². The van der Waals surface area contributed by atoms with Gasteiger partial charge in [0.05, 0.1) is 4.88 Å². The maximum Gasteiger partial charge on any atom is 0.266 e. The Labute approximate surface area is 95.7 Å². The fourth-order valence-electron chi connectivity index (χ4n) is 1.06. The number of nitrogens with one attached hydrogen (secondary N) is 1. The summed E-state index contributed by atoms with van der Waals surface area (Å²) < 4.78 is 0. The van der Waals surface area contributed by atoms with E-state index in [-0.39, 0.29) is 5.91 Å². The van der Waals surface area contributed by atoms with Crippen LogP contribution in [0.1, 0.15) is 9.67 Å². The van der Waals surface area contributed by atoms with Gasteiger partial charge in [-0.25, -0.2) is 4.98 Å². The Morgan fingerprint density at radius 3 is 3.00 bits per heavy atom. The lowest BCUT2D eigenvalue weighted by Gasteiger charge is -2.01. The van der Waals surface area contributed by atoms with Gasteiger partial charge < -0.3 is 5.32 Å². The number of amides is 1. The largest absolute Gasteiger partial charge is 0.306 e. The van der Waals surface area contributed by atoms with E-state index in [0.717, 1.165) is 0 Å². The molecule has 2 aromatic heterocycles. The normalized spacial score (nSPS) is 9.93. The maximum absolute atomic E-state index is 11.6. The molecule has 0 fully saturated rings. The maximum atomic E-state index is 11.6. The topological polar surface area (TPSA) is 42.0 Å². The van der Waals surface area contributed by atoms with Gasteiger partial charge in [-0.15, -0.1) is 11.3 Å². The summed E-state index contributed by atoms with van der Waals surface area (Å²) in [4.78, 5) is 16.2. The van der Waals surface area contributed by atoms with Crippen LogP contribution < -0.4 is 5.32 Å². The molecule has 0 aromatic carbocycles. The van der Waals surface area contributed by atoms with Gasteiger partial charge >= 0.3 is 0 Å². The van der Waals surface area contributed by atoms with Crippen LogP contribution in [-0.4, -0.2) is 10.9 Å². The fraction of sp³-hybridized carbons (Fsp3) is 0. The van der Waals surface area contributed by atoms with Crippen molar-refractivity contribution in [3.63, 3.8) is 0 Å². The van der Waals surface area contributed by atoms with E-state index in [1.54, 1.807) is 24.4 Å². The molecule has 1 N–H and O–H groups in total. The number of anilines is 1. The lowest BCUT2D eigenvalue weighted by Crippen LogP contribution is -2.10. The SMILES string of the molecule is O=C(Nc1cc(Cl)ccn1)c1cccs1. The van der Waals surface area contributed by atoms with Crippen molar-refractivity contribution in [2.45, 2.75) is 0 Å². The molecule has 0 radical (unpaired) electrons. The molecule has 0 aliphatic carbocycles. The van der Waals surface area contributed by atoms with E-state index in [1.165, 1.54) is 11.3 Å². The number of nitrogens with zero attached hydrogens (tertiary/aromatic N) is 1. The van der Waals surface area contributed by atoms with Gasteiger partial charge in [0.1, 0.15) is 5.82 Å². The number of carbonyl (C=O) groups excluding carboxylic acids is 1. The second-order valence-electron chi connectivity index (χ2n) is 2.79. The molecule has 15 heavy (non-hydrogen) atoms. The summed E-state index contributed by atoms with van der Waals surface area (Å²) in [6.45, 7) is 0. The number of thiophene rings is 1. The number of hydrogen-bond acceptors (Lipinski definition) is 3. The third kappa shape index (κ3) is 2.55. The average molecular weight is 239 g/mol. The highest BCUT2D eigenvalue weighted by atomic mass is 35.5. The van der Waals surface area contributed by atoms with Crippen molar-refractivity contribution in [2.75, 3.05) is 5.32 Å². The van der Waals surface area contributed by atoms with Gasteiger partial charge in [0.15, 0.2) is 0 Å². The summed E-state index contributed by atoms with van der Waals surface area (Å²) in [6.07, 6.45) is 1.55. The predicted octanol–water partition coefficient (Wildman–Crippen LogP) is 3.05. The first-order valence-electron chi connectivity index (χ1n) is 4.22. The number of aromatic nitrogens is 1. The Morgan fingerprint density at radius 2 is 2.33 bits per heavy atom. The molecular formula is C10H7ClN2OS. The van der Waals surface area contributed by atoms with E-state index in [9.17, 15) is 4.79 Å². The first-order chi connectivity index (χ1) is 7.25. The standard InChI is InChI=1S/C10H7ClN2OS/c11-7-3-4-12-9(6-7)13-10(14)8-2-1-5-15-8/h1-6H,(H,12,13,14). The number of rotatable bonds is 2. The van der Waals surface area contributed by atoms with Gasteiger partial charge in [-0.2, -0.15) is 0 Å². The van der Waals surface area contributed by atoms with Crippen LogP contribution in [0.25, 0.3) is 0 Å². The van der Waals surface area contributed by atoms with Gasteiger partial charge in [-0.3, -0.25) is 4.79 Å². The van der Waals surface area contributed by atoms with E-state index in [1.807, 2.05) is 11.4 Å². The van der Waals surface area contributed by atoms with Crippen LogP contribution in [0.5, 0.6) is 0 Å². The minimum Gasteiger partial charge on any atom is -0.306 e. The molecule has 0 saturated heterocycles. The van der Waals surface area contributed by atoms with E-state index < -0.39 is 0 Å². The molecule has 2 rings (SSSR count). The smallest absolute Gasteiger partial charge is 0.266 e. The molecule has 2 aromatic rings. The molecule has 0 bridgehead atoms. The summed E-state index contributed by atoms with van der Waals surface area (Å²) in [5.41, 5.74) is 0. The van der Waals surface area contributed by atoms with Crippen molar-refractivity contribution in [3.05, 3.63) is 45.7 Å². The third-order valence-electron chi connectivity index (χ3n) is 1.71. The summed E-state index contributed by atoms with van der Waals surface area (Å²) in [5.74, 6) is 0.292. The van der Waals surface area contributed by atoms with Crippen LogP contribution in [0.2, 0.25) is 5.02 Å². The zero-order valence-electron chi connectivity index (χ0n) is 7.61. The zero-order valence-corrected chi connectivity index (χ0v) is 9.18. The Balaban J connectivity index is 2.13. The van der Waals surface area contributed by atoms with Crippen LogP contribution in [0.4, 0.5) is 5.82 Å². The Hall–Kier alpha value is -1.39. The second kappa shape index (κ2) is 4.42. The highest BCUT2D eigenvalue weighted by Gasteiger charge is 2.07. The summed E-state index contributed by atoms with van der Waals surface area (Å²) in [6, 6.07) is 6.84. The van der Waals surface area contributed by atoms with Crippen molar-refractivity contribution in [1.82, 2.24) is 4.98 Å². The quantitative estimate of drug-likeness (QED) is 0.874. The van der Waals surface area contributed by atoms with E-state index in [2.05, 4.69) is 10.3 Å². The van der Waals surface area contributed by atoms with Gasteiger partial charge in [0.2, 0.25) is 0 Å². The van der Waals surface area contributed by atoms with Gasteiger partial charge in [0.25, 0.3) is 5.91 Å². The van der Waals surface area contributed by atoms with Crippen molar-refractivity contribution in [3.8, 4) is 0 Å².